The predicted octanol–water partition coefficient (Wildman–Crippen LogP) is 1.40. The second-order valence-corrected chi connectivity index (χ2v) is 4.54. The molecule has 0 amide bonds. The third kappa shape index (κ3) is 2.51. The summed E-state index contributed by atoms with van der Waals surface area (Å²) in [5.74, 6) is -0.236. The highest BCUT2D eigenvalue weighted by atomic mass is 32.2. The van der Waals surface area contributed by atoms with Crippen molar-refractivity contribution in [1.82, 2.24) is 20.0 Å². The molecule has 2 aromatic heterocycles. The van der Waals surface area contributed by atoms with Crippen molar-refractivity contribution in [3.8, 4) is 11.3 Å². The van der Waals surface area contributed by atoms with Crippen molar-refractivity contribution in [3.63, 3.8) is 0 Å². The van der Waals surface area contributed by atoms with Crippen molar-refractivity contribution in [1.29, 1.82) is 0 Å². The summed E-state index contributed by atoms with van der Waals surface area (Å²) in [6.45, 7) is 0.617. The van der Waals surface area contributed by atoms with Crippen LogP contribution in [0.2, 0.25) is 0 Å². The van der Waals surface area contributed by atoms with E-state index in [2.05, 4.69) is 15.3 Å². The molecule has 0 fully saturated rings. The monoisotopic (exact) mass is 264 g/mol. The van der Waals surface area contributed by atoms with E-state index in [4.69, 9.17) is 5.11 Å². The van der Waals surface area contributed by atoms with Crippen LogP contribution in [0.4, 0.5) is 0 Å². The van der Waals surface area contributed by atoms with Gasteiger partial charge in [-0.15, -0.1) is 5.10 Å². The van der Waals surface area contributed by atoms with Crippen molar-refractivity contribution in [2.45, 2.75) is 6.54 Å². The van der Waals surface area contributed by atoms with Crippen LogP contribution in [0.15, 0.2) is 24.5 Å². The molecule has 2 heterocycles. The van der Waals surface area contributed by atoms with Crippen molar-refractivity contribution >= 4 is 17.7 Å². The van der Waals surface area contributed by atoms with E-state index < -0.39 is 5.97 Å². The maximum Gasteiger partial charge on any atom is 0.358 e. The van der Waals surface area contributed by atoms with Gasteiger partial charge in [-0.2, -0.15) is 11.8 Å². The fourth-order valence-electron chi connectivity index (χ4n) is 1.58. The lowest BCUT2D eigenvalue weighted by Crippen LogP contribution is -2.06. The molecule has 0 radical (unpaired) electrons. The van der Waals surface area contributed by atoms with Gasteiger partial charge in [-0.1, -0.05) is 5.21 Å². The number of aromatic nitrogens is 4. The Kier molecular flexibility index (Phi) is 3.93. The van der Waals surface area contributed by atoms with Gasteiger partial charge in [-0.3, -0.25) is 4.98 Å². The number of carbonyl (C=O) groups is 1. The van der Waals surface area contributed by atoms with Gasteiger partial charge >= 0.3 is 5.97 Å². The molecule has 0 saturated heterocycles. The van der Waals surface area contributed by atoms with Crippen LogP contribution in [0.25, 0.3) is 11.3 Å². The molecule has 0 saturated carbocycles. The van der Waals surface area contributed by atoms with Crippen LogP contribution in [0, 0.1) is 0 Å². The van der Waals surface area contributed by atoms with Crippen LogP contribution in [0.3, 0.4) is 0 Å². The average Bonchev–Trinajstić information content (AvgIpc) is 2.81. The molecular formula is C11H12N4O2S. The van der Waals surface area contributed by atoms with Gasteiger partial charge in [-0.05, 0) is 18.4 Å². The minimum absolute atomic E-state index is 0.0379. The van der Waals surface area contributed by atoms with Crippen molar-refractivity contribution < 1.29 is 9.90 Å². The minimum Gasteiger partial charge on any atom is -0.476 e. The molecule has 0 atom stereocenters. The molecule has 18 heavy (non-hydrogen) atoms. The summed E-state index contributed by atoms with van der Waals surface area (Å²) < 4.78 is 1.61. The van der Waals surface area contributed by atoms with E-state index in [1.807, 2.05) is 6.26 Å². The van der Waals surface area contributed by atoms with E-state index >= 15 is 0 Å². The third-order valence-corrected chi connectivity index (χ3v) is 2.97. The Morgan fingerprint density at radius 3 is 3.00 bits per heavy atom. The summed E-state index contributed by atoms with van der Waals surface area (Å²) in [5.41, 5.74) is 1.18. The van der Waals surface area contributed by atoms with Gasteiger partial charge in [0.05, 0.1) is 6.54 Å². The van der Waals surface area contributed by atoms with Crippen LogP contribution in [0.1, 0.15) is 10.5 Å². The lowest BCUT2D eigenvalue weighted by molar-refractivity contribution is 0.0691. The Balaban J connectivity index is 2.47. The fourth-order valence-corrected chi connectivity index (χ4v) is 1.94. The summed E-state index contributed by atoms with van der Waals surface area (Å²) in [5, 5.41) is 16.7. The molecule has 2 rings (SSSR count). The average molecular weight is 264 g/mol. The Labute approximate surface area is 108 Å². The maximum atomic E-state index is 11.1. The number of aryl methyl sites for hydroxylation is 1. The number of pyridine rings is 1. The molecule has 0 spiro atoms. The van der Waals surface area contributed by atoms with E-state index in [1.165, 1.54) is 0 Å². The normalized spacial score (nSPS) is 10.5. The van der Waals surface area contributed by atoms with E-state index in [0.29, 0.717) is 17.8 Å². The molecule has 1 N–H and O–H groups in total. The highest BCUT2D eigenvalue weighted by Crippen LogP contribution is 2.21. The quantitative estimate of drug-likeness (QED) is 0.879. The Morgan fingerprint density at radius 2 is 2.39 bits per heavy atom. The Hall–Kier alpha value is -1.89. The van der Waals surface area contributed by atoms with Gasteiger partial charge in [0.2, 0.25) is 0 Å². The highest BCUT2D eigenvalue weighted by Gasteiger charge is 2.20. The maximum absolute atomic E-state index is 11.1. The molecule has 0 aliphatic heterocycles. The highest BCUT2D eigenvalue weighted by molar-refractivity contribution is 7.98. The van der Waals surface area contributed by atoms with Crippen LogP contribution >= 0.6 is 11.8 Å². The standard InChI is InChI=1S/C11H12N4O2S/c1-18-6-5-15-10(8-3-2-4-12-7-8)9(11(16)17)13-14-15/h2-4,7H,5-6H2,1H3,(H,16,17). The second kappa shape index (κ2) is 5.63. The second-order valence-electron chi connectivity index (χ2n) is 3.55. The zero-order chi connectivity index (χ0) is 13.0. The largest absolute Gasteiger partial charge is 0.476 e. The van der Waals surface area contributed by atoms with Crippen LogP contribution in [-0.2, 0) is 6.54 Å². The SMILES string of the molecule is CSCCn1nnc(C(=O)O)c1-c1cccnc1. The van der Waals surface area contributed by atoms with Gasteiger partial charge < -0.3 is 5.11 Å². The van der Waals surface area contributed by atoms with Gasteiger partial charge in [0.15, 0.2) is 5.69 Å². The van der Waals surface area contributed by atoms with Gasteiger partial charge in [-0.25, -0.2) is 9.48 Å². The molecule has 0 aliphatic rings. The number of hydrogen-bond donors (Lipinski definition) is 1. The molecular weight excluding hydrogens is 252 g/mol. The topological polar surface area (TPSA) is 80.9 Å². The number of hydrogen-bond acceptors (Lipinski definition) is 5. The number of carboxylic acids is 1. The van der Waals surface area contributed by atoms with Crippen molar-refractivity contribution in [3.05, 3.63) is 30.2 Å². The zero-order valence-corrected chi connectivity index (χ0v) is 10.6. The molecule has 0 bridgehead atoms. The summed E-state index contributed by atoms with van der Waals surface area (Å²) in [6.07, 6.45) is 5.24. The molecule has 0 aromatic carbocycles. The Bertz CT molecular complexity index is 541. The number of aromatic carboxylic acids is 1. The minimum atomic E-state index is -1.08. The number of carboxylic acid groups (broad SMARTS) is 1. The first-order chi connectivity index (χ1) is 8.74. The fraction of sp³-hybridized carbons (Fsp3) is 0.273. The van der Waals surface area contributed by atoms with Crippen LogP contribution < -0.4 is 0 Å². The van der Waals surface area contributed by atoms with Gasteiger partial charge in [0.1, 0.15) is 5.69 Å². The van der Waals surface area contributed by atoms with E-state index in [9.17, 15) is 4.79 Å². The van der Waals surface area contributed by atoms with Crippen molar-refractivity contribution in [2.75, 3.05) is 12.0 Å². The molecule has 2 aromatic rings. The summed E-state index contributed by atoms with van der Waals surface area (Å²) >= 11 is 1.67. The number of nitrogens with zero attached hydrogens (tertiary/aromatic N) is 4. The van der Waals surface area contributed by atoms with Gasteiger partial charge in [0.25, 0.3) is 0 Å². The molecule has 0 unspecified atom stereocenters. The number of rotatable bonds is 5. The molecule has 7 heteroatoms. The van der Waals surface area contributed by atoms with Crippen molar-refractivity contribution in [2.24, 2.45) is 0 Å². The van der Waals surface area contributed by atoms with Crippen LogP contribution in [-0.4, -0.2) is 43.1 Å². The first-order valence-corrected chi connectivity index (χ1v) is 6.69. The first-order valence-electron chi connectivity index (χ1n) is 5.30. The first kappa shape index (κ1) is 12.6. The van der Waals surface area contributed by atoms with E-state index in [0.717, 1.165) is 5.75 Å². The Morgan fingerprint density at radius 1 is 1.56 bits per heavy atom. The predicted molar refractivity (Wildman–Crippen MR) is 68.6 cm³/mol. The lowest BCUT2D eigenvalue weighted by atomic mass is 10.1. The summed E-state index contributed by atoms with van der Waals surface area (Å²) in [4.78, 5) is 15.1. The smallest absolute Gasteiger partial charge is 0.358 e. The molecule has 0 aliphatic carbocycles. The van der Waals surface area contributed by atoms with Gasteiger partial charge in [0, 0.05) is 23.7 Å². The van der Waals surface area contributed by atoms with E-state index in [-0.39, 0.29) is 5.69 Å². The lowest BCUT2D eigenvalue weighted by Gasteiger charge is -2.05. The summed E-state index contributed by atoms with van der Waals surface area (Å²) in [7, 11) is 0. The van der Waals surface area contributed by atoms with Crippen LogP contribution in [0.5, 0.6) is 0 Å². The number of thioether (sulfide) groups is 1. The molecule has 94 valence electrons. The third-order valence-electron chi connectivity index (χ3n) is 2.38. The molecule has 6 nitrogen and oxygen atoms in total. The zero-order valence-electron chi connectivity index (χ0n) is 9.78. The van der Waals surface area contributed by atoms with E-state index in [1.54, 1.807) is 41.0 Å². The summed E-state index contributed by atoms with van der Waals surface area (Å²) in [6, 6.07) is 3.56.